The van der Waals surface area contributed by atoms with Crippen LogP contribution in [0, 0.1) is 0 Å². The number of hydrogen-bond acceptors (Lipinski definition) is 4. The van der Waals surface area contributed by atoms with Gasteiger partial charge in [-0.25, -0.2) is 0 Å². The van der Waals surface area contributed by atoms with Crippen LogP contribution in [-0.2, 0) is 24.9 Å². The van der Waals surface area contributed by atoms with E-state index in [0.717, 1.165) is 35.9 Å². The van der Waals surface area contributed by atoms with E-state index in [1.807, 2.05) is 50.8 Å². The smallest absolute Gasteiger partial charge is 0.194 e. The summed E-state index contributed by atoms with van der Waals surface area (Å²) in [7, 11) is 5.61. The number of halogens is 1. The van der Waals surface area contributed by atoms with Crippen LogP contribution in [0.3, 0.4) is 0 Å². The van der Waals surface area contributed by atoms with Gasteiger partial charge in [-0.3, -0.25) is 9.67 Å². The predicted octanol–water partition coefficient (Wildman–Crippen LogP) is 2.66. The Hall–Kier alpha value is -1.81. The maximum atomic E-state index is 5.75. The van der Waals surface area contributed by atoms with Gasteiger partial charge < -0.3 is 19.7 Å². The van der Waals surface area contributed by atoms with Gasteiger partial charge in [0, 0.05) is 44.5 Å². The second-order valence-corrected chi connectivity index (χ2v) is 5.98. The molecule has 150 valence electrons. The van der Waals surface area contributed by atoms with Crippen LogP contribution < -0.4 is 10.1 Å². The molecule has 0 unspecified atom stereocenters. The molecule has 0 bridgehead atoms. The number of ether oxygens (including phenoxy) is 2. The number of hydrogen-bond donors (Lipinski definition) is 1. The van der Waals surface area contributed by atoms with E-state index in [2.05, 4.69) is 27.2 Å². The van der Waals surface area contributed by atoms with Crippen LogP contribution in [0.5, 0.6) is 5.75 Å². The number of nitrogens with one attached hydrogen (secondary N) is 1. The fraction of sp³-hybridized carbons (Fsp3) is 0.474. The standard InChI is InChI=1S/C19H29N5O2.HI/c1-5-20-19(23(2)13-16-12-22-24(3)14-16)21-10-11-26-15-17-8-6-7-9-18(17)25-4;/h6-9,12,14H,5,10-11,13,15H2,1-4H3,(H,20,21);1H. The fourth-order valence-electron chi connectivity index (χ4n) is 2.59. The predicted molar refractivity (Wildman–Crippen MR) is 119 cm³/mol. The number of rotatable bonds is 9. The van der Waals surface area contributed by atoms with Gasteiger partial charge in [-0.15, -0.1) is 24.0 Å². The van der Waals surface area contributed by atoms with Crippen molar-refractivity contribution in [3.63, 3.8) is 0 Å². The molecule has 0 aliphatic rings. The number of benzene rings is 1. The molecule has 2 rings (SSSR count). The highest BCUT2D eigenvalue weighted by Gasteiger charge is 2.07. The summed E-state index contributed by atoms with van der Waals surface area (Å²) in [5.74, 6) is 1.71. The zero-order valence-electron chi connectivity index (χ0n) is 16.5. The molecule has 0 aliphatic heterocycles. The lowest BCUT2D eigenvalue weighted by atomic mass is 10.2. The lowest BCUT2D eigenvalue weighted by Gasteiger charge is -2.21. The van der Waals surface area contributed by atoms with Crippen LogP contribution in [0.25, 0.3) is 0 Å². The zero-order chi connectivity index (χ0) is 18.8. The van der Waals surface area contributed by atoms with E-state index in [1.54, 1.807) is 11.8 Å². The van der Waals surface area contributed by atoms with Gasteiger partial charge in [0.25, 0.3) is 0 Å². The van der Waals surface area contributed by atoms with Crippen molar-refractivity contribution in [3.8, 4) is 5.75 Å². The first-order valence-corrected chi connectivity index (χ1v) is 8.80. The highest BCUT2D eigenvalue weighted by Crippen LogP contribution is 2.17. The van der Waals surface area contributed by atoms with Crippen molar-refractivity contribution in [1.82, 2.24) is 20.0 Å². The largest absolute Gasteiger partial charge is 0.496 e. The lowest BCUT2D eigenvalue weighted by Crippen LogP contribution is -2.38. The second kappa shape index (κ2) is 12.6. The molecule has 1 aromatic heterocycles. The summed E-state index contributed by atoms with van der Waals surface area (Å²) in [4.78, 5) is 6.72. The van der Waals surface area contributed by atoms with Crippen molar-refractivity contribution in [3.05, 3.63) is 47.8 Å². The number of para-hydroxylation sites is 1. The topological polar surface area (TPSA) is 63.9 Å². The Morgan fingerprint density at radius 1 is 1.33 bits per heavy atom. The molecular weight excluding hydrogens is 457 g/mol. The number of guanidine groups is 1. The van der Waals surface area contributed by atoms with Crippen LogP contribution in [0.2, 0.25) is 0 Å². The van der Waals surface area contributed by atoms with Crippen LogP contribution >= 0.6 is 24.0 Å². The minimum atomic E-state index is 0. The maximum absolute atomic E-state index is 5.75. The van der Waals surface area contributed by atoms with Crippen molar-refractivity contribution in [2.24, 2.45) is 12.0 Å². The molecule has 0 spiro atoms. The van der Waals surface area contributed by atoms with E-state index in [-0.39, 0.29) is 24.0 Å². The third kappa shape index (κ3) is 7.76. The fourth-order valence-corrected chi connectivity index (χ4v) is 2.59. The maximum Gasteiger partial charge on any atom is 0.194 e. The minimum absolute atomic E-state index is 0. The van der Waals surface area contributed by atoms with Crippen LogP contribution in [0.15, 0.2) is 41.7 Å². The Bertz CT molecular complexity index is 705. The Morgan fingerprint density at radius 2 is 2.11 bits per heavy atom. The van der Waals surface area contributed by atoms with E-state index in [4.69, 9.17) is 9.47 Å². The van der Waals surface area contributed by atoms with Gasteiger partial charge in [0.15, 0.2) is 5.96 Å². The van der Waals surface area contributed by atoms with Crippen LogP contribution in [0.1, 0.15) is 18.1 Å². The van der Waals surface area contributed by atoms with Gasteiger partial charge in [0.2, 0.25) is 0 Å². The number of aryl methyl sites for hydroxylation is 1. The molecule has 8 heteroatoms. The molecule has 0 amide bonds. The van der Waals surface area contributed by atoms with E-state index in [9.17, 15) is 0 Å². The van der Waals surface area contributed by atoms with Crippen molar-refractivity contribution in [2.75, 3.05) is 33.9 Å². The lowest BCUT2D eigenvalue weighted by molar-refractivity contribution is 0.126. The molecule has 0 saturated carbocycles. The monoisotopic (exact) mass is 487 g/mol. The average molecular weight is 487 g/mol. The summed E-state index contributed by atoms with van der Waals surface area (Å²) in [6.07, 6.45) is 3.88. The third-order valence-corrected chi connectivity index (χ3v) is 3.82. The molecule has 0 aliphatic carbocycles. The summed E-state index contributed by atoms with van der Waals surface area (Å²) in [5.41, 5.74) is 2.19. The molecule has 7 nitrogen and oxygen atoms in total. The number of aromatic nitrogens is 2. The summed E-state index contributed by atoms with van der Waals surface area (Å²) >= 11 is 0. The molecular formula is C19H30IN5O2. The van der Waals surface area contributed by atoms with Gasteiger partial charge in [-0.2, -0.15) is 5.10 Å². The van der Waals surface area contributed by atoms with Gasteiger partial charge >= 0.3 is 0 Å². The molecule has 0 fully saturated rings. The van der Waals surface area contributed by atoms with E-state index < -0.39 is 0 Å². The summed E-state index contributed by atoms with van der Waals surface area (Å²) < 4.78 is 12.9. The first-order valence-electron chi connectivity index (χ1n) is 8.80. The van der Waals surface area contributed by atoms with Crippen LogP contribution in [-0.4, -0.2) is 54.5 Å². The molecule has 1 heterocycles. The van der Waals surface area contributed by atoms with Crippen molar-refractivity contribution >= 4 is 29.9 Å². The SMILES string of the molecule is CCNC(=NCCOCc1ccccc1OC)N(C)Cc1cnn(C)c1.I. The molecule has 1 aromatic carbocycles. The highest BCUT2D eigenvalue weighted by molar-refractivity contribution is 14.0. The van der Waals surface area contributed by atoms with Crippen molar-refractivity contribution in [1.29, 1.82) is 0 Å². The number of methoxy groups -OCH3 is 1. The molecule has 27 heavy (non-hydrogen) atoms. The number of nitrogens with zero attached hydrogens (tertiary/aromatic N) is 4. The average Bonchev–Trinajstić information content (AvgIpc) is 3.05. The van der Waals surface area contributed by atoms with Crippen molar-refractivity contribution in [2.45, 2.75) is 20.1 Å². The summed E-state index contributed by atoms with van der Waals surface area (Å²) in [5, 5.41) is 7.51. The molecule has 0 radical (unpaired) electrons. The molecule has 0 atom stereocenters. The Kier molecular flexibility index (Phi) is 10.8. The molecule has 2 aromatic rings. The zero-order valence-corrected chi connectivity index (χ0v) is 18.8. The Labute approximate surface area is 178 Å². The van der Waals surface area contributed by atoms with E-state index >= 15 is 0 Å². The quantitative estimate of drug-likeness (QED) is 0.255. The minimum Gasteiger partial charge on any atom is -0.496 e. The van der Waals surface area contributed by atoms with Gasteiger partial charge in [0.1, 0.15) is 5.75 Å². The van der Waals surface area contributed by atoms with Gasteiger partial charge in [-0.05, 0) is 13.0 Å². The first kappa shape index (κ1) is 23.2. The Morgan fingerprint density at radius 3 is 2.78 bits per heavy atom. The molecule has 0 saturated heterocycles. The highest BCUT2D eigenvalue weighted by atomic mass is 127. The van der Waals surface area contributed by atoms with Gasteiger partial charge in [-0.1, -0.05) is 18.2 Å². The summed E-state index contributed by atoms with van der Waals surface area (Å²) in [6.45, 7) is 5.29. The van der Waals surface area contributed by atoms with E-state index in [1.165, 1.54) is 0 Å². The van der Waals surface area contributed by atoms with E-state index in [0.29, 0.717) is 19.8 Å². The van der Waals surface area contributed by atoms with Crippen molar-refractivity contribution < 1.29 is 9.47 Å². The van der Waals surface area contributed by atoms with Gasteiger partial charge in [0.05, 0.1) is 33.1 Å². The normalized spacial score (nSPS) is 11.0. The summed E-state index contributed by atoms with van der Waals surface area (Å²) in [6, 6.07) is 7.88. The number of aliphatic imine (C=N–C) groups is 1. The molecule has 1 N–H and O–H groups in total. The third-order valence-electron chi connectivity index (χ3n) is 3.82. The second-order valence-electron chi connectivity index (χ2n) is 5.98. The van der Waals surface area contributed by atoms with Crippen LogP contribution in [0.4, 0.5) is 0 Å². The first-order chi connectivity index (χ1) is 12.6. The Balaban J connectivity index is 0.00000364.